The maximum Gasteiger partial charge on any atom is 0.339 e. The number of hydrogen-bond acceptors (Lipinski definition) is 5. The van der Waals surface area contributed by atoms with Gasteiger partial charge in [-0.25, -0.2) is 0 Å². The van der Waals surface area contributed by atoms with Gasteiger partial charge in [0.15, 0.2) is 0 Å². The minimum absolute atomic E-state index is 0.0942. The Kier molecular flexibility index (Phi) is 5.32. The van der Waals surface area contributed by atoms with Gasteiger partial charge in [-0.05, 0) is 54.1 Å². The molecule has 0 aliphatic rings. The predicted octanol–water partition coefficient (Wildman–Crippen LogP) is 3.17. The van der Waals surface area contributed by atoms with Crippen LogP contribution in [-0.4, -0.2) is 20.9 Å². The van der Waals surface area contributed by atoms with E-state index >= 15 is 0 Å². The SMILES string of the molecule is Cc1ccc(S(=O)(=O)Oc2ccc3ccc(OCCC(N)=O)cc3c2)cc1. The van der Waals surface area contributed by atoms with Crippen LogP contribution in [0.5, 0.6) is 11.5 Å². The molecular formula is C20H19NO5S. The highest BCUT2D eigenvalue weighted by atomic mass is 32.2. The molecule has 2 N–H and O–H groups in total. The molecule has 0 bridgehead atoms. The zero-order chi connectivity index (χ0) is 19.4. The summed E-state index contributed by atoms with van der Waals surface area (Å²) in [7, 11) is -3.92. The van der Waals surface area contributed by atoms with E-state index in [4.69, 9.17) is 14.7 Å². The molecule has 0 fully saturated rings. The predicted molar refractivity (Wildman–Crippen MR) is 102 cm³/mol. The number of benzene rings is 3. The molecule has 6 nitrogen and oxygen atoms in total. The number of carbonyl (C=O) groups excluding carboxylic acids is 1. The van der Waals surface area contributed by atoms with Crippen molar-refractivity contribution in [1.82, 2.24) is 0 Å². The second kappa shape index (κ2) is 7.67. The summed E-state index contributed by atoms with van der Waals surface area (Å²) in [6.07, 6.45) is 0.121. The normalized spacial score (nSPS) is 11.3. The molecule has 0 aliphatic carbocycles. The van der Waals surface area contributed by atoms with E-state index in [2.05, 4.69) is 0 Å². The average Bonchev–Trinajstić information content (AvgIpc) is 2.61. The average molecular weight is 385 g/mol. The molecule has 3 rings (SSSR count). The van der Waals surface area contributed by atoms with Crippen LogP contribution in [0.4, 0.5) is 0 Å². The first-order valence-corrected chi connectivity index (χ1v) is 9.70. The van der Waals surface area contributed by atoms with E-state index in [-0.39, 0.29) is 23.7 Å². The summed E-state index contributed by atoms with van der Waals surface area (Å²) >= 11 is 0. The van der Waals surface area contributed by atoms with Gasteiger partial charge in [0.05, 0.1) is 13.0 Å². The van der Waals surface area contributed by atoms with Crippen molar-refractivity contribution in [2.24, 2.45) is 5.73 Å². The van der Waals surface area contributed by atoms with Gasteiger partial charge >= 0.3 is 10.1 Å². The Morgan fingerprint density at radius 1 is 0.926 bits per heavy atom. The smallest absolute Gasteiger partial charge is 0.339 e. The Bertz CT molecular complexity index is 1080. The molecule has 0 aromatic heterocycles. The molecular weight excluding hydrogens is 366 g/mol. The molecule has 0 heterocycles. The number of aryl methyl sites for hydroxylation is 1. The molecule has 7 heteroatoms. The van der Waals surface area contributed by atoms with Gasteiger partial charge in [0.25, 0.3) is 0 Å². The summed E-state index contributed by atoms with van der Waals surface area (Å²) in [5.41, 5.74) is 6.05. The maximum atomic E-state index is 12.4. The number of amides is 1. The number of primary amides is 1. The van der Waals surface area contributed by atoms with Crippen molar-refractivity contribution < 1.29 is 22.1 Å². The van der Waals surface area contributed by atoms with Crippen LogP contribution in [-0.2, 0) is 14.9 Å². The third kappa shape index (κ3) is 4.77. The lowest BCUT2D eigenvalue weighted by Gasteiger charge is -2.10. The summed E-state index contributed by atoms with van der Waals surface area (Å²) in [5.74, 6) is 0.326. The Hall–Kier alpha value is -3.06. The van der Waals surface area contributed by atoms with Crippen molar-refractivity contribution >= 4 is 26.8 Å². The Labute approximate surface area is 157 Å². The molecule has 1 amide bonds. The minimum Gasteiger partial charge on any atom is -0.493 e. The van der Waals surface area contributed by atoms with Gasteiger partial charge in [-0.3, -0.25) is 4.79 Å². The lowest BCUT2D eigenvalue weighted by Crippen LogP contribution is -2.14. The third-order valence-electron chi connectivity index (χ3n) is 3.92. The third-order valence-corrected chi connectivity index (χ3v) is 5.18. The summed E-state index contributed by atoms with van der Waals surface area (Å²) in [6, 6.07) is 16.8. The van der Waals surface area contributed by atoms with E-state index < -0.39 is 16.0 Å². The molecule has 27 heavy (non-hydrogen) atoms. The molecule has 0 saturated heterocycles. The van der Waals surface area contributed by atoms with Crippen LogP contribution in [0.2, 0.25) is 0 Å². The highest BCUT2D eigenvalue weighted by Crippen LogP contribution is 2.27. The van der Waals surface area contributed by atoms with Gasteiger partial charge in [-0.2, -0.15) is 8.42 Å². The maximum absolute atomic E-state index is 12.4. The topological polar surface area (TPSA) is 95.7 Å². The van der Waals surface area contributed by atoms with Gasteiger partial charge in [0.2, 0.25) is 5.91 Å². The van der Waals surface area contributed by atoms with Crippen LogP contribution in [0.3, 0.4) is 0 Å². The summed E-state index contributed by atoms with van der Waals surface area (Å²) in [5, 5.41) is 1.65. The first-order valence-electron chi connectivity index (χ1n) is 8.29. The van der Waals surface area contributed by atoms with Crippen LogP contribution >= 0.6 is 0 Å². The van der Waals surface area contributed by atoms with Gasteiger partial charge in [0, 0.05) is 0 Å². The van der Waals surface area contributed by atoms with Crippen LogP contribution in [0, 0.1) is 6.92 Å². The van der Waals surface area contributed by atoms with Crippen molar-refractivity contribution in [2.45, 2.75) is 18.2 Å². The Balaban J connectivity index is 1.82. The quantitative estimate of drug-likeness (QED) is 0.630. The van der Waals surface area contributed by atoms with E-state index in [9.17, 15) is 13.2 Å². The molecule has 0 spiro atoms. The molecule has 3 aromatic carbocycles. The van der Waals surface area contributed by atoms with Crippen molar-refractivity contribution in [3.8, 4) is 11.5 Å². The molecule has 0 aliphatic heterocycles. The zero-order valence-electron chi connectivity index (χ0n) is 14.7. The number of fused-ring (bicyclic) bond motifs is 1. The lowest BCUT2D eigenvalue weighted by molar-refractivity contribution is -0.118. The van der Waals surface area contributed by atoms with Crippen LogP contribution in [0.1, 0.15) is 12.0 Å². The minimum atomic E-state index is -3.92. The zero-order valence-corrected chi connectivity index (χ0v) is 15.5. The van der Waals surface area contributed by atoms with Crippen LogP contribution in [0.15, 0.2) is 65.6 Å². The van der Waals surface area contributed by atoms with E-state index in [1.807, 2.05) is 13.0 Å². The monoisotopic (exact) mass is 385 g/mol. The fourth-order valence-corrected chi connectivity index (χ4v) is 3.42. The molecule has 3 aromatic rings. The lowest BCUT2D eigenvalue weighted by atomic mass is 10.1. The van der Waals surface area contributed by atoms with E-state index in [0.717, 1.165) is 16.3 Å². The van der Waals surface area contributed by atoms with Gasteiger partial charge in [-0.1, -0.05) is 29.8 Å². The summed E-state index contributed by atoms with van der Waals surface area (Å²) in [6.45, 7) is 2.06. The molecule has 140 valence electrons. The Morgan fingerprint density at radius 2 is 1.56 bits per heavy atom. The van der Waals surface area contributed by atoms with Gasteiger partial charge < -0.3 is 14.7 Å². The van der Waals surface area contributed by atoms with Crippen molar-refractivity contribution in [1.29, 1.82) is 0 Å². The Morgan fingerprint density at radius 3 is 2.22 bits per heavy atom. The van der Waals surface area contributed by atoms with Crippen LogP contribution in [0.25, 0.3) is 10.8 Å². The van der Waals surface area contributed by atoms with Crippen molar-refractivity contribution in [2.75, 3.05) is 6.61 Å². The summed E-state index contributed by atoms with van der Waals surface area (Å²) in [4.78, 5) is 10.9. The van der Waals surface area contributed by atoms with Crippen molar-refractivity contribution in [3.05, 3.63) is 66.2 Å². The molecule has 0 atom stereocenters. The largest absolute Gasteiger partial charge is 0.493 e. The highest BCUT2D eigenvalue weighted by Gasteiger charge is 2.16. The van der Waals surface area contributed by atoms with E-state index in [1.165, 1.54) is 12.1 Å². The summed E-state index contributed by atoms with van der Waals surface area (Å²) < 4.78 is 35.6. The van der Waals surface area contributed by atoms with E-state index in [0.29, 0.717) is 5.75 Å². The van der Waals surface area contributed by atoms with Crippen molar-refractivity contribution in [3.63, 3.8) is 0 Å². The van der Waals surface area contributed by atoms with E-state index in [1.54, 1.807) is 42.5 Å². The highest BCUT2D eigenvalue weighted by molar-refractivity contribution is 7.87. The molecule has 0 saturated carbocycles. The fourth-order valence-electron chi connectivity index (χ4n) is 2.49. The second-order valence-corrected chi connectivity index (χ2v) is 7.63. The number of carbonyl (C=O) groups is 1. The fraction of sp³-hybridized carbons (Fsp3) is 0.150. The number of ether oxygens (including phenoxy) is 1. The van der Waals surface area contributed by atoms with Gasteiger partial charge in [0.1, 0.15) is 16.4 Å². The second-order valence-electron chi connectivity index (χ2n) is 6.09. The van der Waals surface area contributed by atoms with Gasteiger partial charge in [-0.15, -0.1) is 0 Å². The number of hydrogen-bond donors (Lipinski definition) is 1. The molecule has 0 unspecified atom stereocenters. The van der Waals surface area contributed by atoms with Crippen LogP contribution < -0.4 is 14.7 Å². The standard InChI is InChI=1S/C20H19NO5S/c1-14-2-8-19(9-3-14)27(23,24)26-18-7-5-15-4-6-17(12-16(15)13-18)25-11-10-20(21)22/h2-9,12-13H,10-11H2,1H3,(H2,21,22). The first-order chi connectivity index (χ1) is 12.8. The number of rotatable bonds is 7. The number of nitrogens with two attached hydrogens (primary N) is 1. The first kappa shape index (κ1) is 18.7. The molecule has 0 radical (unpaired) electrons.